The molecule has 5 nitrogen and oxygen atoms in total. The van der Waals surface area contributed by atoms with Gasteiger partial charge in [0.15, 0.2) is 0 Å². The van der Waals surface area contributed by atoms with Crippen LogP contribution in [0.1, 0.15) is 41.0 Å². The van der Waals surface area contributed by atoms with E-state index in [1.54, 1.807) is 20.9 Å². The number of rotatable bonds is 6. The maximum absolute atomic E-state index is 11.8. The second kappa shape index (κ2) is 5.49. The van der Waals surface area contributed by atoms with Crippen molar-refractivity contribution in [1.82, 2.24) is 10.2 Å². The molecule has 100 valence electrons. The van der Waals surface area contributed by atoms with Gasteiger partial charge in [0.05, 0.1) is 6.54 Å². The smallest absolute Gasteiger partial charge is 0.323 e. The second-order valence-electron chi connectivity index (χ2n) is 5.51. The SMILES string of the molecule is CCC(C)(C)NC(=O)CN(C)C(C)(C)C(=O)O. The third-order valence-electron chi connectivity index (χ3n) is 3.22. The van der Waals surface area contributed by atoms with Crippen LogP contribution in [0.3, 0.4) is 0 Å². The Kier molecular flexibility index (Phi) is 5.13. The van der Waals surface area contributed by atoms with Crippen molar-refractivity contribution >= 4 is 11.9 Å². The molecule has 0 unspecified atom stereocenters. The molecule has 2 N–H and O–H groups in total. The Bertz CT molecular complexity index is 298. The van der Waals surface area contributed by atoms with E-state index in [1.165, 1.54) is 4.90 Å². The number of nitrogens with zero attached hydrogens (tertiary/aromatic N) is 1. The first-order chi connectivity index (χ1) is 7.53. The molecule has 0 fully saturated rings. The van der Waals surface area contributed by atoms with Gasteiger partial charge in [-0.05, 0) is 41.2 Å². The van der Waals surface area contributed by atoms with E-state index in [0.29, 0.717) is 0 Å². The highest BCUT2D eigenvalue weighted by Gasteiger charge is 2.33. The summed E-state index contributed by atoms with van der Waals surface area (Å²) in [5.74, 6) is -1.10. The standard InChI is InChI=1S/C12H24N2O3/c1-7-11(2,3)13-9(15)8-14(6)12(4,5)10(16)17/h7-8H2,1-6H3,(H,13,15)(H,16,17). The Labute approximate surface area is 103 Å². The molecule has 0 aromatic rings. The van der Waals surface area contributed by atoms with E-state index < -0.39 is 11.5 Å². The third kappa shape index (κ3) is 4.73. The molecule has 0 atom stereocenters. The van der Waals surface area contributed by atoms with Crippen LogP contribution >= 0.6 is 0 Å². The van der Waals surface area contributed by atoms with Gasteiger partial charge < -0.3 is 10.4 Å². The van der Waals surface area contributed by atoms with Crippen LogP contribution < -0.4 is 5.32 Å². The predicted octanol–water partition coefficient (Wildman–Crippen LogP) is 1.09. The molecule has 0 aromatic heterocycles. The van der Waals surface area contributed by atoms with Crippen LogP contribution in [0.4, 0.5) is 0 Å². The summed E-state index contributed by atoms with van der Waals surface area (Å²) in [5.41, 5.74) is -1.31. The second-order valence-corrected chi connectivity index (χ2v) is 5.51. The largest absolute Gasteiger partial charge is 0.480 e. The van der Waals surface area contributed by atoms with Gasteiger partial charge in [-0.15, -0.1) is 0 Å². The molecule has 5 heteroatoms. The molecule has 0 rings (SSSR count). The Morgan fingerprint density at radius 2 is 1.71 bits per heavy atom. The number of carboxylic acids is 1. The van der Waals surface area contributed by atoms with Crippen LogP contribution in [0.15, 0.2) is 0 Å². The van der Waals surface area contributed by atoms with Crippen molar-refractivity contribution < 1.29 is 14.7 Å². The van der Waals surface area contributed by atoms with Gasteiger partial charge in [0.1, 0.15) is 5.54 Å². The average molecular weight is 244 g/mol. The minimum absolute atomic E-state index is 0.0722. The number of amides is 1. The normalized spacial score (nSPS) is 12.6. The Hall–Kier alpha value is -1.10. The summed E-state index contributed by atoms with van der Waals surface area (Å²) in [6.07, 6.45) is 0.824. The zero-order valence-electron chi connectivity index (χ0n) is 11.6. The van der Waals surface area contributed by atoms with Crippen molar-refractivity contribution in [2.24, 2.45) is 0 Å². The molecule has 0 saturated heterocycles. The number of carboxylic acid groups (broad SMARTS) is 1. The molecule has 0 aliphatic rings. The number of carbonyl (C=O) groups excluding carboxylic acids is 1. The zero-order chi connectivity index (χ0) is 13.9. The molecule has 0 spiro atoms. The van der Waals surface area contributed by atoms with Gasteiger partial charge in [-0.3, -0.25) is 14.5 Å². The minimum atomic E-state index is -1.05. The van der Waals surface area contributed by atoms with Crippen molar-refractivity contribution in [3.05, 3.63) is 0 Å². The first-order valence-corrected chi connectivity index (χ1v) is 5.78. The zero-order valence-corrected chi connectivity index (χ0v) is 11.6. The van der Waals surface area contributed by atoms with Crippen molar-refractivity contribution in [1.29, 1.82) is 0 Å². The number of likely N-dealkylation sites (N-methyl/N-ethyl adjacent to an activating group) is 1. The van der Waals surface area contributed by atoms with Crippen molar-refractivity contribution in [2.75, 3.05) is 13.6 Å². The first kappa shape index (κ1) is 15.9. The van der Waals surface area contributed by atoms with E-state index >= 15 is 0 Å². The predicted molar refractivity (Wildman–Crippen MR) is 66.9 cm³/mol. The van der Waals surface area contributed by atoms with Gasteiger partial charge in [0.25, 0.3) is 0 Å². The molecule has 17 heavy (non-hydrogen) atoms. The van der Waals surface area contributed by atoms with Crippen LogP contribution in [0.2, 0.25) is 0 Å². The summed E-state index contributed by atoms with van der Waals surface area (Å²) < 4.78 is 0. The fourth-order valence-electron chi connectivity index (χ4n) is 1.08. The summed E-state index contributed by atoms with van der Waals surface area (Å²) in [7, 11) is 1.63. The number of carbonyl (C=O) groups is 2. The van der Waals surface area contributed by atoms with E-state index in [4.69, 9.17) is 5.11 Å². The maximum atomic E-state index is 11.8. The third-order valence-corrected chi connectivity index (χ3v) is 3.22. The van der Waals surface area contributed by atoms with Crippen molar-refractivity contribution in [2.45, 2.75) is 52.1 Å². The molecule has 0 saturated carbocycles. The van der Waals surface area contributed by atoms with Crippen LogP contribution in [0.25, 0.3) is 0 Å². The number of hydrogen-bond donors (Lipinski definition) is 2. The van der Waals surface area contributed by atoms with E-state index in [1.807, 2.05) is 20.8 Å². The van der Waals surface area contributed by atoms with Gasteiger partial charge in [-0.25, -0.2) is 0 Å². The van der Waals surface area contributed by atoms with Crippen molar-refractivity contribution in [3.8, 4) is 0 Å². The summed E-state index contributed by atoms with van der Waals surface area (Å²) in [4.78, 5) is 24.3. The lowest BCUT2D eigenvalue weighted by atomic mass is 10.0. The number of aliphatic carboxylic acids is 1. The summed E-state index contributed by atoms with van der Waals surface area (Å²) in [5, 5.41) is 11.9. The van der Waals surface area contributed by atoms with Gasteiger partial charge in [-0.1, -0.05) is 6.92 Å². The topological polar surface area (TPSA) is 69.6 Å². The summed E-state index contributed by atoms with van der Waals surface area (Å²) >= 11 is 0. The Morgan fingerprint density at radius 3 is 2.06 bits per heavy atom. The molecular formula is C12H24N2O3. The fraction of sp³-hybridized carbons (Fsp3) is 0.833. The minimum Gasteiger partial charge on any atom is -0.480 e. The average Bonchev–Trinajstić information content (AvgIpc) is 2.16. The van der Waals surface area contributed by atoms with E-state index in [0.717, 1.165) is 6.42 Å². The monoisotopic (exact) mass is 244 g/mol. The van der Waals surface area contributed by atoms with E-state index in [9.17, 15) is 9.59 Å². The van der Waals surface area contributed by atoms with E-state index in [-0.39, 0.29) is 18.0 Å². The van der Waals surface area contributed by atoms with Crippen LogP contribution in [0.5, 0.6) is 0 Å². The molecule has 0 bridgehead atoms. The van der Waals surface area contributed by atoms with Gasteiger partial charge >= 0.3 is 5.97 Å². The Morgan fingerprint density at radius 1 is 1.24 bits per heavy atom. The first-order valence-electron chi connectivity index (χ1n) is 5.78. The van der Waals surface area contributed by atoms with Crippen LogP contribution in [-0.4, -0.2) is 46.6 Å². The van der Waals surface area contributed by atoms with Crippen LogP contribution in [0, 0.1) is 0 Å². The maximum Gasteiger partial charge on any atom is 0.323 e. The van der Waals surface area contributed by atoms with Crippen LogP contribution in [-0.2, 0) is 9.59 Å². The van der Waals surface area contributed by atoms with Gasteiger partial charge in [0, 0.05) is 5.54 Å². The fourth-order valence-corrected chi connectivity index (χ4v) is 1.08. The highest BCUT2D eigenvalue weighted by molar-refractivity contribution is 5.81. The summed E-state index contributed by atoms with van der Waals surface area (Å²) in [6, 6.07) is 0. The lowest BCUT2D eigenvalue weighted by Gasteiger charge is -2.32. The van der Waals surface area contributed by atoms with Gasteiger partial charge in [-0.2, -0.15) is 0 Å². The molecule has 0 aliphatic carbocycles. The lowest BCUT2D eigenvalue weighted by Crippen LogP contribution is -2.53. The molecule has 1 amide bonds. The van der Waals surface area contributed by atoms with E-state index in [2.05, 4.69) is 5.32 Å². The number of hydrogen-bond acceptors (Lipinski definition) is 3. The molecular weight excluding hydrogens is 220 g/mol. The number of nitrogens with one attached hydrogen (secondary N) is 1. The molecule has 0 heterocycles. The highest BCUT2D eigenvalue weighted by atomic mass is 16.4. The van der Waals surface area contributed by atoms with Crippen molar-refractivity contribution in [3.63, 3.8) is 0 Å². The Balaban J connectivity index is 4.46. The molecule has 0 aromatic carbocycles. The highest BCUT2D eigenvalue weighted by Crippen LogP contribution is 2.12. The lowest BCUT2D eigenvalue weighted by molar-refractivity contribution is -0.149. The molecule has 0 aliphatic heterocycles. The summed E-state index contributed by atoms with van der Waals surface area (Å²) in [6.45, 7) is 9.09. The quantitative estimate of drug-likeness (QED) is 0.733. The molecule has 0 radical (unpaired) electrons. The van der Waals surface area contributed by atoms with Gasteiger partial charge in [0.2, 0.25) is 5.91 Å².